The highest BCUT2D eigenvalue weighted by Crippen LogP contribution is 2.16. The van der Waals surface area contributed by atoms with Crippen molar-refractivity contribution in [2.24, 2.45) is 5.84 Å². The minimum absolute atomic E-state index is 0.127. The molecule has 0 saturated carbocycles. The van der Waals surface area contributed by atoms with Crippen molar-refractivity contribution in [1.29, 1.82) is 0 Å². The first kappa shape index (κ1) is 15.1. The van der Waals surface area contributed by atoms with Crippen molar-refractivity contribution in [2.75, 3.05) is 5.43 Å². The molecule has 0 bridgehead atoms. The van der Waals surface area contributed by atoms with Gasteiger partial charge in [-0.1, -0.05) is 42.8 Å². The highest BCUT2D eigenvalue weighted by Gasteiger charge is 2.11. The molecule has 0 spiro atoms. The second-order valence-electron chi connectivity index (χ2n) is 5.00. The van der Waals surface area contributed by atoms with Crippen LogP contribution in [0.4, 0.5) is 5.69 Å². The van der Waals surface area contributed by atoms with Crippen LogP contribution in [0.1, 0.15) is 34.0 Å². The Kier molecular flexibility index (Phi) is 4.95. The molecule has 0 unspecified atom stereocenters. The lowest BCUT2D eigenvalue weighted by molar-refractivity contribution is 0.0951. The fourth-order valence-electron chi connectivity index (χ4n) is 2.32. The van der Waals surface area contributed by atoms with Crippen LogP contribution in [0.15, 0.2) is 42.5 Å². The molecule has 4 nitrogen and oxygen atoms in total. The van der Waals surface area contributed by atoms with Gasteiger partial charge in [-0.2, -0.15) is 0 Å². The number of carbonyl (C=O) groups excluding carboxylic acids is 1. The van der Waals surface area contributed by atoms with Crippen LogP contribution in [0.2, 0.25) is 0 Å². The topological polar surface area (TPSA) is 67.2 Å². The quantitative estimate of drug-likeness (QED) is 0.584. The number of amides is 1. The van der Waals surface area contributed by atoms with E-state index < -0.39 is 0 Å². The molecule has 110 valence electrons. The summed E-state index contributed by atoms with van der Waals surface area (Å²) >= 11 is 0. The number of hydrogen-bond acceptors (Lipinski definition) is 3. The van der Waals surface area contributed by atoms with Crippen molar-refractivity contribution in [2.45, 2.75) is 26.8 Å². The maximum absolute atomic E-state index is 12.3. The summed E-state index contributed by atoms with van der Waals surface area (Å²) in [4.78, 5) is 12.3. The smallest absolute Gasteiger partial charge is 0.253 e. The Hall–Kier alpha value is -2.33. The van der Waals surface area contributed by atoms with Crippen LogP contribution >= 0.6 is 0 Å². The number of aryl methyl sites for hydroxylation is 2. The average molecular weight is 283 g/mol. The van der Waals surface area contributed by atoms with Crippen LogP contribution in [0.25, 0.3) is 0 Å². The van der Waals surface area contributed by atoms with E-state index in [0.717, 1.165) is 17.5 Å². The van der Waals surface area contributed by atoms with Gasteiger partial charge in [0, 0.05) is 6.54 Å². The fourth-order valence-corrected chi connectivity index (χ4v) is 2.32. The van der Waals surface area contributed by atoms with Crippen LogP contribution < -0.4 is 16.6 Å². The molecule has 0 radical (unpaired) electrons. The molecule has 0 aliphatic heterocycles. The zero-order chi connectivity index (χ0) is 15.2. The molecule has 0 atom stereocenters. The van der Waals surface area contributed by atoms with Crippen LogP contribution in [-0.4, -0.2) is 5.91 Å². The number of rotatable bonds is 5. The third-order valence-corrected chi connectivity index (χ3v) is 3.51. The van der Waals surface area contributed by atoms with E-state index in [4.69, 9.17) is 5.84 Å². The van der Waals surface area contributed by atoms with Crippen molar-refractivity contribution in [1.82, 2.24) is 5.32 Å². The Labute approximate surface area is 125 Å². The van der Waals surface area contributed by atoms with E-state index in [2.05, 4.69) is 23.7 Å². The molecule has 4 N–H and O–H groups in total. The first-order valence-electron chi connectivity index (χ1n) is 7.08. The van der Waals surface area contributed by atoms with Crippen LogP contribution in [-0.2, 0) is 13.0 Å². The summed E-state index contributed by atoms with van der Waals surface area (Å²) in [5, 5.41) is 2.96. The standard InChI is InChI=1S/C17H21N3O/c1-3-13-6-4-5-7-14(13)11-19-17(21)15-10-12(2)8-9-16(15)20-18/h4-10,20H,3,11,18H2,1-2H3,(H,19,21). The van der Waals surface area contributed by atoms with Gasteiger partial charge in [0.1, 0.15) is 0 Å². The Morgan fingerprint density at radius 3 is 2.52 bits per heavy atom. The number of nitrogens with two attached hydrogens (primary N) is 1. The number of hydrazine groups is 1. The van der Waals surface area contributed by atoms with Gasteiger partial charge in [0.05, 0.1) is 11.3 Å². The lowest BCUT2D eigenvalue weighted by atomic mass is 10.0. The minimum atomic E-state index is -0.127. The summed E-state index contributed by atoms with van der Waals surface area (Å²) < 4.78 is 0. The monoisotopic (exact) mass is 283 g/mol. The minimum Gasteiger partial charge on any atom is -0.348 e. The Morgan fingerprint density at radius 1 is 1.14 bits per heavy atom. The van der Waals surface area contributed by atoms with Crippen molar-refractivity contribution in [3.05, 3.63) is 64.7 Å². The van der Waals surface area contributed by atoms with Crippen LogP contribution in [0.3, 0.4) is 0 Å². The van der Waals surface area contributed by atoms with Gasteiger partial charge in [-0.25, -0.2) is 0 Å². The summed E-state index contributed by atoms with van der Waals surface area (Å²) in [7, 11) is 0. The van der Waals surface area contributed by atoms with E-state index in [9.17, 15) is 4.79 Å². The SMILES string of the molecule is CCc1ccccc1CNC(=O)c1cc(C)ccc1NN. The number of nitrogens with one attached hydrogen (secondary N) is 2. The second kappa shape index (κ2) is 6.90. The number of anilines is 1. The first-order valence-corrected chi connectivity index (χ1v) is 7.08. The van der Waals surface area contributed by atoms with E-state index >= 15 is 0 Å². The normalized spacial score (nSPS) is 10.2. The lowest BCUT2D eigenvalue weighted by Gasteiger charge is -2.12. The predicted octanol–water partition coefficient (Wildman–Crippen LogP) is 2.77. The molecule has 0 aliphatic carbocycles. The maximum Gasteiger partial charge on any atom is 0.253 e. The van der Waals surface area contributed by atoms with Crippen molar-refractivity contribution < 1.29 is 4.79 Å². The summed E-state index contributed by atoms with van der Waals surface area (Å²) in [6.45, 7) is 4.57. The molecule has 0 saturated heterocycles. The fraction of sp³-hybridized carbons (Fsp3) is 0.235. The van der Waals surface area contributed by atoms with Crippen LogP contribution in [0.5, 0.6) is 0 Å². The summed E-state index contributed by atoms with van der Waals surface area (Å²) in [6, 6.07) is 13.7. The van der Waals surface area contributed by atoms with E-state index in [0.29, 0.717) is 17.8 Å². The highest BCUT2D eigenvalue weighted by molar-refractivity contribution is 5.99. The molecule has 21 heavy (non-hydrogen) atoms. The second-order valence-corrected chi connectivity index (χ2v) is 5.00. The van der Waals surface area contributed by atoms with Crippen molar-refractivity contribution >= 4 is 11.6 Å². The van der Waals surface area contributed by atoms with Crippen LogP contribution in [0, 0.1) is 6.92 Å². The van der Waals surface area contributed by atoms with Crippen molar-refractivity contribution in [3.8, 4) is 0 Å². The summed E-state index contributed by atoms with van der Waals surface area (Å²) in [5.41, 5.74) is 7.16. The van der Waals surface area contributed by atoms with Gasteiger partial charge in [0.15, 0.2) is 0 Å². The van der Waals surface area contributed by atoms with Gasteiger partial charge in [0.25, 0.3) is 5.91 Å². The van der Waals surface area contributed by atoms with Gasteiger partial charge in [0.2, 0.25) is 0 Å². The number of carbonyl (C=O) groups is 1. The molecule has 2 rings (SSSR count). The van der Waals surface area contributed by atoms with Crippen molar-refractivity contribution in [3.63, 3.8) is 0 Å². The van der Waals surface area contributed by atoms with Gasteiger partial charge >= 0.3 is 0 Å². The van der Waals surface area contributed by atoms with E-state index in [1.165, 1.54) is 5.56 Å². The van der Waals surface area contributed by atoms with E-state index in [1.54, 1.807) is 0 Å². The Morgan fingerprint density at radius 2 is 1.86 bits per heavy atom. The van der Waals surface area contributed by atoms with Gasteiger partial charge in [-0.3, -0.25) is 10.6 Å². The first-order chi connectivity index (χ1) is 10.2. The molecular formula is C17H21N3O. The Bertz CT molecular complexity index is 638. The van der Waals surface area contributed by atoms with Gasteiger partial charge < -0.3 is 10.7 Å². The summed E-state index contributed by atoms with van der Waals surface area (Å²) in [6.07, 6.45) is 0.950. The largest absolute Gasteiger partial charge is 0.348 e. The van der Waals surface area contributed by atoms with Gasteiger partial charge in [-0.05, 0) is 36.6 Å². The zero-order valence-corrected chi connectivity index (χ0v) is 12.4. The zero-order valence-electron chi connectivity index (χ0n) is 12.4. The van der Waals surface area contributed by atoms with E-state index in [1.807, 2.05) is 43.3 Å². The molecule has 0 fully saturated rings. The average Bonchev–Trinajstić information content (AvgIpc) is 2.52. The van der Waals surface area contributed by atoms with E-state index in [-0.39, 0.29) is 5.91 Å². The predicted molar refractivity (Wildman–Crippen MR) is 86.0 cm³/mol. The third-order valence-electron chi connectivity index (χ3n) is 3.51. The molecule has 4 heteroatoms. The Balaban J connectivity index is 2.13. The molecule has 0 aliphatic rings. The number of nitrogen functional groups attached to an aromatic ring is 1. The molecule has 0 aromatic heterocycles. The number of benzene rings is 2. The maximum atomic E-state index is 12.3. The highest BCUT2D eigenvalue weighted by atomic mass is 16.1. The molecule has 2 aromatic rings. The molecular weight excluding hydrogens is 262 g/mol. The third kappa shape index (κ3) is 3.61. The summed E-state index contributed by atoms with van der Waals surface area (Å²) in [5.74, 6) is 5.33. The lowest BCUT2D eigenvalue weighted by Crippen LogP contribution is -2.25. The molecule has 0 heterocycles. The molecule has 2 aromatic carbocycles. The number of hydrogen-bond donors (Lipinski definition) is 3. The molecule has 1 amide bonds. The van der Waals surface area contributed by atoms with Gasteiger partial charge in [-0.15, -0.1) is 0 Å².